The summed E-state index contributed by atoms with van der Waals surface area (Å²) < 4.78 is 43.5. The maximum absolute atomic E-state index is 14.0. The maximum atomic E-state index is 14.0. The number of carbonyl (C=O) groups is 1. The second-order valence-electron chi connectivity index (χ2n) is 7.97. The molecule has 0 fully saturated rings. The van der Waals surface area contributed by atoms with Crippen molar-refractivity contribution in [1.82, 2.24) is 24.6 Å². The van der Waals surface area contributed by atoms with Gasteiger partial charge in [-0.2, -0.15) is 9.97 Å². The van der Waals surface area contributed by atoms with Crippen LogP contribution in [0.4, 0.5) is 16.2 Å². The Morgan fingerprint density at radius 1 is 1.40 bits per heavy atom. The molecule has 35 heavy (non-hydrogen) atoms. The van der Waals surface area contributed by atoms with Gasteiger partial charge in [0.15, 0.2) is 23.2 Å². The summed E-state index contributed by atoms with van der Waals surface area (Å²) in [7, 11) is 0.501. The molecule has 0 aliphatic heterocycles. The van der Waals surface area contributed by atoms with E-state index in [1.807, 2.05) is 0 Å². The summed E-state index contributed by atoms with van der Waals surface area (Å²) in [5, 5.41) is 12.7. The summed E-state index contributed by atoms with van der Waals surface area (Å²) in [6.07, 6.45) is 2.14. The zero-order valence-electron chi connectivity index (χ0n) is 20.1. The predicted octanol–water partition coefficient (Wildman–Crippen LogP) is 0.658. The number of hydrogen-bond donors (Lipinski definition) is 3. The molecule has 0 spiro atoms. The number of aromatic nitrogens is 4. The van der Waals surface area contributed by atoms with Gasteiger partial charge in [-0.3, -0.25) is 13.9 Å². The van der Waals surface area contributed by atoms with Crippen LogP contribution in [-0.2, 0) is 23.4 Å². The average molecular weight is 515 g/mol. The molecule has 2 aromatic rings. The first-order valence-electron chi connectivity index (χ1n) is 10.6. The molecule has 13 nitrogen and oxygen atoms in total. The van der Waals surface area contributed by atoms with E-state index in [1.165, 1.54) is 17.8 Å². The van der Waals surface area contributed by atoms with Crippen LogP contribution in [0, 0.1) is 12.3 Å². The Labute approximate surface area is 203 Å². The lowest BCUT2D eigenvalue weighted by molar-refractivity contribution is -0.149. The van der Waals surface area contributed by atoms with Crippen molar-refractivity contribution in [2.24, 2.45) is 0 Å². The van der Waals surface area contributed by atoms with Crippen molar-refractivity contribution in [2.75, 3.05) is 38.0 Å². The van der Waals surface area contributed by atoms with E-state index >= 15 is 0 Å². The molecule has 2 rings (SSSR count). The van der Waals surface area contributed by atoms with Crippen molar-refractivity contribution in [2.45, 2.75) is 51.4 Å². The van der Waals surface area contributed by atoms with Crippen molar-refractivity contribution in [3.8, 4) is 12.3 Å². The fraction of sp³-hybridized carbons (Fsp3) is 0.600. The van der Waals surface area contributed by atoms with Crippen LogP contribution in [0.5, 0.6) is 0 Å². The summed E-state index contributed by atoms with van der Waals surface area (Å²) in [4.78, 5) is 26.0. The number of terminal acetylenes is 1. The normalized spacial score (nSPS) is 15.9. The molecule has 0 saturated heterocycles. The SMILES string of the molecule is C#C[C@H](O)C(CO[PH](=O)N[C@@H](C)C(=O)OC(C)C)O[C@H](CF)n1cnc2c(N(C)C)nc(N)nc21. The van der Waals surface area contributed by atoms with Gasteiger partial charge in [-0.15, -0.1) is 6.42 Å². The smallest absolute Gasteiger partial charge is 0.323 e. The molecule has 5 atom stereocenters. The fourth-order valence-electron chi connectivity index (χ4n) is 2.90. The lowest BCUT2D eigenvalue weighted by Gasteiger charge is -2.26. The lowest BCUT2D eigenvalue weighted by atomic mass is 10.2. The molecule has 0 saturated carbocycles. The van der Waals surface area contributed by atoms with Crippen LogP contribution in [0.1, 0.15) is 27.0 Å². The van der Waals surface area contributed by atoms with Crippen LogP contribution >= 0.6 is 8.18 Å². The molecule has 0 amide bonds. The standard InChI is InChI=1S/C20H31FN7O6P/c1-7-13(29)14(9-32-35(31)26-12(4)19(30)33-11(2)3)34-15(8-21)28-10-23-16-17(27(5)6)24-20(22)25-18(16)28/h1,10-15,29,35H,8-9H2,2-6H3,(H,26,31)(H2,22,24,25)/t12-,13-,14?,15+/m0/s1. The molecule has 15 heteroatoms. The Hall–Kier alpha value is -2.82. The lowest BCUT2D eigenvalue weighted by Crippen LogP contribution is -2.36. The van der Waals surface area contributed by atoms with Crippen molar-refractivity contribution in [3.63, 3.8) is 0 Å². The van der Waals surface area contributed by atoms with Gasteiger partial charge in [-0.25, -0.2) is 14.5 Å². The number of aliphatic hydroxyl groups is 1. The number of nitrogens with two attached hydrogens (primary N) is 1. The Morgan fingerprint density at radius 2 is 2.09 bits per heavy atom. The number of nitrogens with one attached hydrogen (secondary N) is 1. The number of nitrogens with zero attached hydrogens (tertiary/aromatic N) is 5. The van der Waals surface area contributed by atoms with Crippen LogP contribution in [0.25, 0.3) is 11.2 Å². The number of halogens is 1. The Kier molecular flexibility index (Phi) is 10.4. The zero-order valence-corrected chi connectivity index (χ0v) is 21.1. The van der Waals surface area contributed by atoms with Gasteiger partial charge >= 0.3 is 5.97 Å². The first-order valence-corrected chi connectivity index (χ1v) is 12.0. The number of hydrogen-bond acceptors (Lipinski definition) is 11. The van der Waals surface area contributed by atoms with Crippen LogP contribution in [0.15, 0.2) is 6.33 Å². The number of nitrogen functional groups attached to an aromatic ring is 1. The Bertz CT molecular complexity index is 1080. The number of anilines is 2. The van der Waals surface area contributed by atoms with Crippen LogP contribution < -0.4 is 15.7 Å². The highest BCUT2D eigenvalue weighted by molar-refractivity contribution is 7.36. The monoisotopic (exact) mass is 515 g/mol. The first-order chi connectivity index (χ1) is 16.5. The van der Waals surface area contributed by atoms with E-state index in [1.54, 1.807) is 32.8 Å². The van der Waals surface area contributed by atoms with E-state index in [4.69, 9.17) is 26.2 Å². The predicted molar refractivity (Wildman–Crippen MR) is 128 cm³/mol. The van der Waals surface area contributed by atoms with Crippen LogP contribution in [0.3, 0.4) is 0 Å². The summed E-state index contributed by atoms with van der Waals surface area (Å²) >= 11 is 0. The van der Waals surface area contributed by atoms with Gasteiger partial charge in [0.2, 0.25) is 5.95 Å². The topological polar surface area (TPSA) is 167 Å². The van der Waals surface area contributed by atoms with E-state index in [-0.39, 0.29) is 17.7 Å². The van der Waals surface area contributed by atoms with E-state index in [9.17, 15) is 18.9 Å². The van der Waals surface area contributed by atoms with Gasteiger partial charge in [0.25, 0.3) is 8.18 Å². The number of fused-ring (bicyclic) bond motifs is 1. The van der Waals surface area contributed by atoms with Crippen molar-refractivity contribution >= 4 is 37.1 Å². The molecule has 0 aromatic carbocycles. The number of carbonyl (C=O) groups excluding carboxylic acids is 1. The number of rotatable bonds is 13. The van der Waals surface area contributed by atoms with E-state index in [2.05, 4.69) is 26.0 Å². The molecule has 0 aliphatic carbocycles. The molecular formula is C20H31FN7O6P. The number of esters is 1. The second kappa shape index (κ2) is 12.8. The third-order valence-corrected chi connectivity index (χ3v) is 5.66. The molecule has 0 radical (unpaired) electrons. The minimum atomic E-state index is -2.97. The van der Waals surface area contributed by atoms with Gasteiger partial charge in [-0.1, -0.05) is 5.92 Å². The first kappa shape index (κ1) is 28.4. The summed E-state index contributed by atoms with van der Waals surface area (Å²) in [6.45, 7) is 3.30. The van der Waals surface area contributed by atoms with Gasteiger partial charge in [0, 0.05) is 14.1 Å². The Morgan fingerprint density at radius 3 is 2.66 bits per heavy atom. The molecule has 2 aromatic heterocycles. The molecule has 2 heterocycles. The third-order valence-electron chi connectivity index (χ3n) is 4.56. The van der Waals surface area contributed by atoms with Gasteiger partial charge < -0.3 is 29.7 Å². The van der Waals surface area contributed by atoms with Crippen molar-refractivity contribution in [3.05, 3.63) is 6.33 Å². The van der Waals surface area contributed by atoms with Crippen LogP contribution in [0.2, 0.25) is 0 Å². The highest BCUT2D eigenvalue weighted by Gasteiger charge is 2.28. The summed E-state index contributed by atoms with van der Waals surface area (Å²) in [5.41, 5.74) is 6.34. The Balaban J connectivity index is 2.16. The zero-order chi connectivity index (χ0) is 26.3. The second-order valence-corrected chi connectivity index (χ2v) is 9.12. The number of imidazole rings is 1. The van der Waals surface area contributed by atoms with Gasteiger partial charge in [0.1, 0.15) is 24.9 Å². The quantitative estimate of drug-likeness (QED) is 0.194. The van der Waals surface area contributed by atoms with Gasteiger partial charge in [-0.05, 0) is 20.8 Å². The molecule has 4 N–H and O–H groups in total. The van der Waals surface area contributed by atoms with Gasteiger partial charge in [0.05, 0.1) is 19.0 Å². The summed E-state index contributed by atoms with van der Waals surface area (Å²) in [6, 6.07) is -0.910. The highest BCUT2D eigenvalue weighted by Crippen LogP contribution is 2.27. The van der Waals surface area contributed by atoms with Crippen LogP contribution in [-0.4, -0.2) is 82.3 Å². The molecular weight excluding hydrogens is 484 g/mol. The van der Waals surface area contributed by atoms with Crippen molar-refractivity contribution in [1.29, 1.82) is 0 Å². The third kappa shape index (κ3) is 7.58. The molecule has 0 aliphatic rings. The summed E-state index contributed by atoms with van der Waals surface area (Å²) in [5.74, 6) is 1.83. The molecule has 2 unspecified atom stereocenters. The van der Waals surface area contributed by atoms with Crippen molar-refractivity contribution < 1.29 is 32.9 Å². The highest BCUT2D eigenvalue weighted by atomic mass is 31.1. The minimum Gasteiger partial charge on any atom is -0.462 e. The molecule has 0 bridgehead atoms. The number of alkyl halides is 1. The number of ether oxygens (including phenoxy) is 2. The minimum absolute atomic E-state index is 0.0566. The number of aliphatic hydroxyl groups excluding tert-OH is 1. The fourth-order valence-corrected chi connectivity index (χ4v) is 3.77. The maximum Gasteiger partial charge on any atom is 0.323 e. The molecule has 194 valence electrons. The van der Waals surface area contributed by atoms with E-state index < -0.39 is 51.9 Å². The average Bonchev–Trinajstić information content (AvgIpc) is 3.21. The van der Waals surface area contributed by atoms with E-state index in [0.29, 0.717) is 11.3 Å². The largest absolute Gasteiger partial charge is 0.462 e. The van der Waals surface area contributed by atoms with E-state index in [0.717, 1.165) is 0 Å².